The number of amides is 1. The van der Waals surface area contributed by atoms with Crippen molar-refractivity contribution < 1.29 is 4.79 Å². The number of fused-ring (bicyclic) bond motifs is 1. The van der Waals surface area contributed by atoms with E-state index in [9.17, 15) is 4.79 Å². The van der Waals surface area contributed by atoms with Crippen molar-refractivity contribution in [3.05, 3.63) is 38.9 Å². The molecule has 0 bridgehead atoms. The summed E-state index contributed by atoms with van der Waals surface area (Å²) in [4.78, 5) is 15.8. The van der Waals surface area contributed by atoms with Gasteiger partial charge >= 0.3 is 0 Å². The summed E-state index contributed by atoms with van der Waals surface area (Å²) < 4.78 is 0. The standard InChI is InChI=1S/C17H17N3OS3/c1-2-10-5-6-12-11(8-10)9-14(23-12)15(21)18-17-20-19-16(24-17)13-4-3-7-22-13/h3-4,7,9-10H,2,5-6,8H2,1H3,(H,18,20,21)/t10-/m0/s1. The summed E-state index contributed by atoms with van der Waals surface area (Å²) in [5, 5.41) is 14.6. The number of nitrogens with one attached hydrogen (secondary N) is 1. The van der Waals surface area contributed by atoms with Gasteiger partial charge in [0.2, 0.25) is 5.13 Å². The molecule has 0 saturated heterocycles. The van der Waals surface area contributed by atoms with Crippen LogP contribution in [0.3, 0.4) is 0 Å². The van der Waals surface area contributed by atoms with Gasteiger partial charge in [-0.05, 0) is 48.3 Å². The van der Waals surface area contributed by atoms with E-state index >= 15 is 0 Å². The number of thiophene rings is 2. The van der Waals surface area contributed by atoms with Crippen molar-refractivity contribution in [3.63, 3.8) is 0 Å². The van der Waals surface area contributed by atoms with Gasteiger partial charge in [0.15, 0.2) is 5.01 Å². The molecule has 3 aromatic rings. The van der Waals surface area contributed by atoms with Crippen molar-refractivity contribution in [1.82, 2.24) is 10.2 Å². The molecule has 1 aliphatic carbocycles. The van der Waals surface area contributed by atoms with Crippen molar-refractivity contribution in [2.24, 2.45) is 5.92 Å². The number of carbonyl (C=O) groups excluding carboxylic acids is 1. The molecule has 0 aliphatic heterocycles. The topological polar surface area (TPSA) is 54.9 Å². The molecule has 0 spiro atoms. The van der Waals surface area contributed by atoms with Gasteiger partial charge < -0.3 is 0 Å². The zero-order valence-corrected chi connectivity index (χ0v) is 15.7. The zero-order chi connectivity index (χ0) is 16.5. The molecule has 0 aromatic carbocycles. The number of hydrogen-bond donors (Lipinski definition) is 1. The highest BCUT2D eigenvalue weighted by Gasteiger charge is 2.22. The summed E-state index contributed by atoms with van der Waals surface area (Å²) in [5.41, 5.74) is 1.36. The largest absolute Gasteiger partial charge is 0.296 e. The molecule has 7 heteroatoms. The minimum atomic E-state index is -0.0728. The molecular formula is C17H17N3OS3. The molecule has 24 heavy (non-hydrogen) atoms. The fourth-order valence-corrected chi connectivity index (χ4v) is 5.63. The molecule has 4 rings (SSSR count). The van der Waals surface area contributed by atoms with Gasteiger partial charge in [-0.25, -0.2) is 0 Å². The third kappa shape index (κ3) is 3.16. The highest BCUT2D eigenvalue weighted by atomic mass is 32.1. The molecule has 1 atom stereocenters. The third-order valence-corrected chi connectivity index (χ3v) is 7.48. The molecule has 1 N–H and O–H groups in total. The number of hydrogen-bond acceptors (Lipinski definition) is 6. The number of anilines is 1. The molecule has 1 amide bonds. The smallest absolute Gasteiger partial charge is 0.267 e. The Hall–Kier alpha value is -1.57. The van der Waals surface area contributed by atoms with E-state index in [1.807, 2.05) is 17.5 Å². The van der Waals surface area contributed by atoms with Crippen LogP contribution >= 0.6 is 34.0 Å². The van der Waals surface area contributed by atoms with Crippen LogP contribution in [0.1, 0.15) is 39.9 Å². The Morgan fingerprint density at radius 1 is 1.38 bits per heavy atom. The van der Waals surface area contributed by atoms with Crippen LogP contribution in [-0.2, 0) is 12.8 Å². The van der Waals surface area contributed by atoms with Gasteiger partial charge in [0.05, 0.1) is 9.75 Å². The van der Waals surface area contributed by atoms with Gasteiger partial charge in [-0.1, -0.05) is 30.7 Å². The number of rotatable bonds is 4. The zero-order valence-electron chi connectivity index (χ0n) is 13.2. The highest BCUT2D eigenvalue weighted by molar-refractivity contribution is 7.23. The van der Waals surface area contributed by atoms with Crippen LogP contribution in [0.2, 0.25) is 0 Å². The second-order valence-electron chi connectivity index (χ2n) is 5.92. The Balaban J connectivity index is 1.48. The predicted octanol–water partition coefficient (Wildman–Crippen LogP) is 5.10. The molecule has 1 aliphatic rings. The highest BCUT2D eigenvalue weighted by Crippen LogP contribution is 2.34. The molecule has 0 radical (unpaired) electrons. The maximum absolute atomic E-state index is 12.5. The van der Waals surface area contributed by atoms with Crippen LogP contribution in [0.5, 0.6) is 0 Å². The molecule has 0 fully saturated rings. The van der Waals surface area contributed by atoms with E-state index in [-0.39, 0.29) is 5.91 Å². The molecular weight excluding hydrogens is 358 g/mol. The molecule has 0 unspecified atom stereocenters. The van der Waals surface area contributed by atoms with Crippen LogP contribution in [0.4, 0.5) is 5.13 Å². The Morgan fingerprint density at radius 2 is 2.29 bits per heavy atom. The van der Waals surface area contributed by atoms with E-state index in [4.69, 9.17) is 0 Å². The first kappa shape index (κ1) is 15.9. The van der Waals surface area contributed by atoms with E-state index in [0.29, 0.717) is 5.13 Å². The summed E-state index contributed by atoms with van der Waals surface area (Å²) in [6.07, 6.45) is 4.67. The Morgan fingerprint density at radius 3 is 3.08 bits per heavy atom. The van der Waals surface area contributed by atoms with Gasteiger partial charge in [0, 0.05) is 4.88 Å². The van der Waals surface area contributed by atoms with E-state index in [0.717, 1.165) is 33.5 Å². The average molecular weight is 376 g/mol. The summed E-state index contributed by atoms with van der Waals surface area (Å²) in [7, 11) is 0. The van der Waals surface area contributed by atoms with Crippen LogP contribution in [0.15, 0.2) is 23.6 Å². The Labute approximate surface area is 152 Å². The van der Waals surface area contributed by atoms with Crippen molar-refractivity contribution in [2.75, 3.05) is 5.32 Å². The van der Waals surface area contributed by atoms with Crippen LogP contribution < -0.4 is 5.32 Å². The number of carbonyl (C=O) groups is 1. The normalized spacial score (nSPS) is 16.8. The van der Waals surface area contributed by atoms with Crippen molar-refractivity contribution in [2.45, 2.75) is 32.6 Å². The molecule has 3 heterocycles. The van der Waals surface area contributed by atoms with Crippen molar-refractivity contribution in [3.8, 4) is 9.88 Å². The fourth-order valence-electron chi connectivity index (χ4n) is 2.99. The second kappa shape index (κ2) is 6.74. The summed E-state index contributed by atoms with van der Waals surface area (Å²) in [6, 6.07) is 6.06. The number of nitrogens with zero attached hydrogens (tertiary/aromatic N) is 2. The quantitative estimate of drug-likeness (QED) is 0.690. The molecule has 0 saturated carbocycles. The summed E-state index contributed by atoms with van der Waals surface area (Å²) in [6.45, 7) is 2.25. The van der Waals surface area contributed by atoms with E-state index in [1.54, 1.807) is 22.7 Å². The fraction of sp³-hybridized carbons (Fsp3) is 0.353. The Bertz CT molecular complexity index is 850. The van der Waals surface area contributed by atoms with Crippen molar-refractivity contribution in [1.29, 1.82) is 0 Å². The van der Waals surface area contributed by atoms with Gasteiger partial charge in [0.1, 0.15) is 0 Å². The second-order valence-corrected chi connectivity index (χ2v) is 8.98. The van der Waals surface area contributed by atoms with E-state index in [2.05, 4.69) is 28.5 Å². The summed E-state index contributed by atoms with van der Waals surface area (Å²) >= 11 is 4.66. The lowest BCUT2D eigenvalue weighted by Crippen LogP contribution is -2.11. The van der Waals surface area contributed by atoms with Gasteiger partial charge in [-0.15, -0.1) is 32.9 Å². The van der Waals surface area contributed by atoms with Crippen LogP contribution in [0.25, 0.3) is 9.88 Å². The minimum absolute atomic E-state index is 0.0728. The monoisotopic (exact) mass is 375 g/mol. The first-order valence-electron chi connectivity index (χ1n) is 8.03. The van der Waals surface area contributed by atoms with E-state index < -0.39 is 0 Å². The minimum Gasteiger partial charge on any atom is -0.296 e. The Kier molecular flexibility index (Phi) is 4.47. The van der Waals surface area contributed by atoms with Gasteiger partial charge in [-0.3, -0.25) is 10.1 Å². The first-order valence-corrected chi connectivity index (χ1v) is 10.5. The number of aromatic nitrogens is 2. The average Bonchev–Trinajstić information content (AvgIpc) is 3.33. The van der Waals surface area contributed by atoms with E-state index in [1.165, 1.54) is 34.6 Å². The maximum Gasteiger partial charge on any atom is 0.267 e. The predicted molar refractivity (Wildman–Crippen MR) is 101 cm³/mol. The SMILES string of the molecule is CC[C@H]1CCc2sc(C(=O)Nc3nnc(-c4cccs4)s3)cc2C1. The van der Waals surface area contributed by atoms with Crippen LogP contribution in [-0.4, -0.2) is 16.1 Å². The lowest BCUT2D eigenvalue weighted by molar-refractivity contribution is 0.103. The van der Waals surface area contributed by atoms with Gasteiger partial charge in [-0.2, -0.15) is 0 Å². The number of aryl methyl sites for hydroxylation is 1. The van der Waals surface area contributed by atoms with Crippen LogP contribution in [0, 0.1) is 5.92 Å². The maximum atomic E-state index is 12.5. The molecule has 4 nitrogen and oxygen atoms in total. The summed E-state index contributed by atoms with van der Waals surface area (Å²) in [5.74, 6) is 0.691. The van der Waals surface area contributed by atoms with Gasteiger partial charge in [0.25, 0.3) is 5.91 Å². The third-order valence-electron chi connectivity index (χ3n) is 4.36. The lowest BCUT2D eigenvalue weighted by Gasteiger charge is -2.19. The first-order chi connectivity index (χ1) is 11.7. The van der Waals surface area contributed by atoms with Crippen molar-refractivity contribution >= 4 is 45.0 Å². The molecule has 3 aromatic heterocycles. The lowest BCUT2D eigenvalue weighted by atomic mass is 9.87. The molecule has 124 valence electrons.